The van der Waals surface area contributed by atoms with Crippen molar-refractivity contribution in [3.63, 3.8) is 0 Å². The number of rotatable bonds is 6. The summed E-state index contributed by atoms with van der Waals surface area (Å²) in [5, 5.41) is 11.5. The van der Waals surface area contributed by atoms with E-state index in [0.29, 0.717) is 6.61 Å². The van der Waals surface area contributed by atoms with E-state index in [2.05, 4.69) is 15.5 Å². The first-order chi connectivity index (χ1) is 8.69. The zero-order valence-corrected chi connectivity index (χ0v) is 11.2. The van der Waals surface area contributed by atoms with Gasteiger partial charge in [-0.2, -0.15) is 0 Å². The minimum Gasteiger partial charge on any atom is -0.465 e. The number of aromatic nitrogens is 3. The van der Waals surface area contributed by atoms with E-state index in [-0.39, 0.29) is 5.97 Å². The number of hydrogen-bond acceptors (Lipinski definition) is 5. The molecule has 6 nitrogen and oxygen atoms in total. The van der Waals surface area contributed by atoms with Crippen molar-refractivity contribution in [2.75, 3.05) is 18.5 Å². The van der Waals surface area contributed by atoms with Crippen LogP contribution in [0.5, 0.6) is 0 Å². The van der Waals surface area contributed by atoms with Gasteiger partial charge in [-0.3, -0.25) is 9.36 Å². The van der Waals surface area contributed by atoms with Crippen molar-refractivity contribution in [2.45, 2.75) is 45.6 Å². The number of carbonyl (C=O) groups is 1. The topological polar surface area (TPSA) is 69.0 Å². The number of nitrogens with zero attached hydrogens (tertiary/aromatic N) is 3. The lowest BCUT2D eigenvalue weighted by Gasteiger charge is -2.15. The fourth-order valence-electron chi connectivity index (χ4n) is 2.16. The molecular formula is C12H20N4O2. The average molecular weight is 252 g/mol. The molecule has 0 spiro atoms. The van der Waals surface area contributed by atoms with E-state index in [1.165, 1.54) is 0 Å². The molecule has 2 rings (SSSR count). The van der Waals surface area contributed by atoms with E-state index in [1.807, 2.05) is 25.3 Å². The highest BCUT2D eigenvalue weighted by Crippen LogP contribution is 2.48. The molecule has 1 N–H and O–H groups in total. The van der Waals surface area contributed by atoms with E-state index < -0.39 is 5.41 Å². The Hall–Kier alpha value is -1.59. The number of ether oxygens (including phenoxy) is 1. The molecule has 6 heteroatoms. The Bertz CT molecular complexity index is 437. The van der Waals surface area contributed by atoms with Crippen LogP contribution in [0.4, 0.5) is 5.95 Å². The van der Waals surface area contributed by atoms with Gasteiger partial charge in [0.2, 0.25) is 5.95 Å². The molecule has 1 fully saturated rings. The summed E-state index contributed by atoms with van der Waals surface area (Å²) in [6.45, 7) is 7.78. The molecular weight excluding hydrogens is 232 g/mol. The van der Waals surface area contributed by atoms with Gasteiger partial charge in [-0.15, -0.1) is 10.2 Å². The molecule has 1 heterocycles. The third kappa shape index (κ3) is 1.95. The fourth-order valence-corrected chi connectivity index (χ4v) is 2.16. The third-order valence-corrected chi connectivity index (χ3v) is 3.25. The molecule has 0 bridgehead atoms. The lowest BCUT2D eigenvalue weighted by molar-refractivity contribution is -0.146. The molecule has 100 valence electrons. The van der Waals surface area contributed by atoms with Crippen LogP contribution in [-0.2, 0) is 21.5 Å². The number of nitrogens with one attached hydrogen (secondary N) is 1. The predicted molar refractivity (Wildman–Crippen MR) is 67.4 cm³/mol. The summed E-state index contributed by atoms with van der Waals surface area (Å²) >= 11 is 0. The summed E-state index contributed by atoms with van der Waals surface area (Å²) in [4.78, 5) is 12.0. The van der Waals surface area contributed by atoms with Crippen molar-refractivity contribution < 1.29 is 9.53 Å². The molecule has 1 aliphatic rings. The van der Waals surface area contributed by atoms with Crippen LogP contribution in [0.3, 0.4) is 0 Å². The summed E-state index contributed by atoms with van der Waals surface area (Å²) in [5.74, 6) is 1.29. The van der Waals surface area contributed by atoms with Crippen LogP contribution in [0.1, 0.15) is 39.4 Å². The highest BCUT2D eigenvalue weighted by molar-refractivity contribution is 5.85. The first-order valence-corrected chi connectivity index (χ1v) is 6.54. The highest BCUT2D eigenvalue weighted by atomic mass is 16.5. The zero-order valence-electron chi connectivity index (χ0n) is 11.2. The Morgan fingerprint density at radius 1 is 1.39 bits per heavy atom. The Morgan fingerprint density at radius 2 is 2.11 bits per heavy atom. The zero-order chi connectivity index (χ0) is 13.2. The van der Waals surface area contributed by atoms with Gasteiger partial charge in [-0.05, 0) is 33.6 Å². The van der Waals surface area contributed by atoms with Gasteiger partial charge in [-0.25, -0.2) is 0 Å². The minimum atomic E-state index is -0.549. The number of hydrogen-bond donors (Lipinski definition) is 1. The van der Waals surface area contributed by atoms with E-state index >= 15 is 0 Å². The first kappa shape index (κ1) is 12.9. The van der Waals surface area contributed by atoms with E-state index in [9.17, 15) is 4.79 Å². The van der Waals surface area contributed by atoms with Gasteiger partial charge in [0.05, 0.1) is 6.61 Å². The SMILES string of the molecule is CCNc1nnc(C2(C(=O)OCC)CC2)n1CC. The minimum absolute atomic E-state index is 0.171. The van der Waals surface area contributed by atoms with E-state index in [4.69, 9.17) is 4.74 Å². The second-order valence-corrected chi connectivity index (χ2v) is 4.42. The predicted octanol–water partition coefficient (Wildman–Crippen LogP) is 1.32. The van der Waals surface area contributed by atoms with Crippen molar-refractivity contribution in [3.8, 4) is 0 Å². The maximum Gasteiger partial charge on any atom is 0.319 e. The van der Waals surface area contributed by atoms with Crippen molar-refractivity contribution in [3.05, 3.63) is 5.82 Å². The van der Waals surface area contributed by atoms with Crippen LogP contribution in [-0.4, -0.2) is 33.9 Å². The van der Waals surface area contributed by atoms with Crippen LogP contribution in [0.15, 0.2) is 0 Å². The van der Waals surface area contributed by atoms with Gasteiger partial charge in [0.25, 0.3) is 0 Å². The van der Waals surface area contributed by atoms with Crippen molar-refractivity contribution in [1.29, 1.82) is 0 Å². The second kappa shape index (κ2) is 4.96. The number of carbonyl (C=O) groups excluding carboxylic acids is 1. The smallest absolute Gasteiger partial charge is 0.319 e. The van der Waals surface area contributed by atoms with Gasteiger partial charge < -0.3 is 10.1 Å². The average Bonchev–Trinajstić information content (AvgIpc) is 3.07. The normalized spacial score (nSPS) is 16.4. The molecule has 0 aromatic carbocycles. The summed E-state index contributed by atoms with van der Waals surface area (Å²) < 4.78 is 7.12. The molecule has 0 atom stereocenters. The second-order valence-electron chi connectivity index (χ2n) is 4.42. The molecule has 0 saturated heterocycles. The fraction of sp³-hybridized carbons (Fsp3) is 0.750. The van der Waals surface area contributed by atoms with Crippen LogP contribution in [0.25, 0.3) is 0 Å². The maximum atomic E-state index is 12.0. The van der Waals surface area contributed by atoms with E-state index in [0.717, 1.165) is 37.7 Å². The highest BCUT2D eigenvalue weighted by Gasteiger charge is 2.56. The maximum absolute atomic E-state index is 12.0. The number of esters is 1. The summed E-state index contributed by atoms with van der Waals surface area (Å²) in [6.07, 6.45) is 1.60. The molecule has 1 aromatic heterocycles. The van der Waals surface area contributed by atoms with Gasteiger partial charge >= 0.3 is 5.97 Å². The molecule has 1 saturated carbocycles. The molecule has 1 aliphatic carbocycles. The van der Waals surface area contributed by atoms with Crippen molar-refractivity contribution in [2.24, 2.45) is 0 Å². The molecule has 0 unspecified atom stereocenters. The molecule has 0 amide bonds. The Labute approximate surface area is 107 Å². The van der Waals surface area contributed by atoms with Gasteiger partial charge in [-0.1, -0.05) is 0 Å². The van der Waals surface area contributed by atoms with Crippen molar-refractivity contribution >= 4 is 11.9 Å². The quantitative estimate of drug-likeness (QED) is 0.773. The lowest BCUT2D eigenvalue weighted by atomic mass is 10.1. The summed E-state index contributed by atoms with van der Waals surface area (Å²) in [5.41, 5.74) is -0.549. The molecule has 18 heavy (non-hydrogen) atoms. The Balaban J connectivity index is 2.30. The Kier molecular flexibility index (Phi) is 3.54. The summed E-state index contributed by atoms with van der Waals surface area (Å²) in [7, 11) is 0. The van der Waals surface area contributed by atoms with Crippen LogP contribution in [0.2, 0.25) is 0 Å². The van der Waals surface area contributed by atoms with Crippen molar-refractivity contribution in [1.82, 2.24) is 14.8 Å². The van der Waals surface area contributed by atoms with Gasteiger partial charge in [0.1, 0.15) is 5.41 Å². The van der Waals surface area contributed by atoms with Gasteiger partial charge in [0.15, 0.2) is 5.82 Å². The van der Waals surface area contributed by atoms with Crippen LogP contribution in [0, 0.1) is 0 Å². The molecule has 0 radical (unpaired) electrons. The molecule has 1 aromatic rings. The monoisotopic (exact) mass is 252 g/mol. The van der Waals surface area contributed by atoms with E-state index in [1.54, 1.807) is 0 Å². The standard InChI is InChI=1S/C12H20N4O2/c1-4-13-11-15-14-9(16(11)5-2)12(7-8-12)10(17)18-6-3/h4-8H2,1-3H3,(H,13,15). The number of anilines is 1. The lowest BCUT2D eigenvalue weighted by Crippen LogP contribution is -2.27. The molecule has 0 aliphatic heterocycles. The third-order valence-electron chi connectivity index (χ3n) is 3.25. The first-order valence-electron chi connectivity index (χ1n) is 6.54. The Morgan fingerprint density at radius 3 is 2.61 bits per heavy atom. The largest absolute Gasteiger partial charge is 0.465 e. The van der Waals surface area contributed by atoms with Gasteiger partial charge in [0, 0.05) is 13.1 Å². The van der Waals surface area contributed by atoms with Crippen LogP contribution >= 0.6 is 0 Å². The summed E-state index contributed by atoms with van der Waals surface area (Å²) in [6, 6.07) is 0. The van der Waals surface area contributed by atoms with Crippen LogP contribution < -0.4 is 5.32 Å².